The second-order valence-electron chi connectivity index (χ2n) is 6.95. The third kappa shape index (κ3) is 7.47. The Bertz CT molecular complexity index is 1080. The molecule has 1 N–H and O–H groups in total. The topological polar surface area (TPSA) is 108 Å². The van der Waals surface area contributed by atoms with Crippen LogP contribution in [0.1, 0.15) is 34.6 Å². The number of anilines is 1. The summed E-state index contributed by atoms with van der Waals surface area (Å²) < 4.78 is 22.3. The predicted molar refractivity (Wildman–Crippen MR) is 135 cm³/mol. The number of benzene rings is 2. The van der Waals surface area contributed by atoms with Gasteiger partial charge in [0, 0.05) is 12.1 Å². The van der Waals surface area contributed by atoms with Crippen LogP contribution in [0, 0.1) is 0 Å². The van der Waals surface area contributed by atoms with Crippen LogP contribution in [-0.4, -0.2) is 44.2 Å². The maximum Gasteiger partial charge on any atom is 0.258 e. The number of hydrogen-bond donors (Lipinski definition) is 1. The SMILES string of the molecule is CCOc1cc(NC(=O)C(N=Nc2c(Cl)ccc(OCC)c2OCC)C(C)=O)c(OCC)cc1Cl. The summed E-state index contributed by atoms with van der Waals surface area (Å²) in [6.45, 7) is 9.86. The molecule has 0 saturated heterocycles. The van der Waals surface area contributed by atoms with Gasteiger partial charge >= 0.3 is 0 Å². The van der Waals surface area contributed by atoms with E-state index in [0.717, 1.165) is 0 Å². The molecule has 0 aromatic heterocycles. The first kappa shape index (κ1) is 28.2. The normalized spacial score (nSPS) is 11.7. The number of ether oxygens (including phenoxy) is 4. The van der Waals surface area contributed by atoms with Crippen LogP contribution in [0.2, 0.25) is 10.0 Å². The van der Waals surface area contributed by atoms with E-state index in [2.05, 4.69) is 15.5 Å². The van der Waals surface area contributed by atoms with Crippen LogP contribution in [-0.2, 0) is 9.59 Å². The molecular formula is C24H29Cl2N3O6. The second-order valence-corrected chi connectivity index (χ2v) is 7.77. The van der Waals surface area contributed by atoms with Gasteiger partial charge in [0.05, 0.1) is 42.2 Å². The van der Waals surface area contributed by atoms with Crippen LogP contribution in [0.5, 0.6) is 23.0 Å². The van der Waals surface area contributed by atoms with Crippen LogP contribution >= 0.6 is 23.2 Å². The molecule has 1 unspecified atom stereocenters. The maximum absolute atomic E-state index is 13.0. The summed E-state index contributed by atoms with van der Waals surface area (Å²) in [4.78, 5) is 25.4. The smallest absolute Gasteiger partial charge is 0.258 e. The fourth-order valence-electron chi connectivity index (χ4n) is 2.98. The number of nitrogens with zero attached hydrogens (tertiary/aromatic N) is 2. The van der Waals surface area contributed by atoms with Crippen molar-refractivity contribution in [3.8, 4) is 23.0 Å². The quantitative estimate of drug-likeness (QED) is 0.244. The average molecular weight is 526 g/mol. The van der Waals surface area contributed by atoms with E-state index in [0.29, 0.717) is 48.7 Å². The van der Waals surface area contributed by atoms with Gasteiger partial charge in [0.25, 0.3) is 5.91 Å². The minimum absolute atomic E-state index is 0.152. The molecule has 0 fully saturated rings. The van der Waals surface area contributed by atoms with Crippen molar-refractivity contribution in [2.75, 3.05) is 31.7 Å². The third-order valence-electron chi connectivity index (χ3n) is 4.43. The Morgan fingerprint density at radius 3 is 2.06 bits per heavy atom. The van der Waals surface area contributed by atoms with E-state index in [-0.39, 0.29) is 22.1 Å². The van der Waals surface area contributed by atoms with Gasteiger partial charge in [-0.05, 0) is 46.8 Å². The zero-order valence-corrected chi connectivity index (χ0v) is 21.8. The largest absolute Gasteiger partial charge is 0.492 e. The summed E-state index contributed by atoms with van der Waals surface area (Å²) in [5.74, 6) is 0.114. The molecule has 2 aromatic rings. The molecular weight excluding hydrogens is 497 g/mol. The van der Waals surface area contributed by atoms with Gasteiger partial charge < -0.3 is 24.3 Å². The minimum atomic E-state index is -1.46. The zero-order chi connectivity index (χ0) is 26.0. The molecule has 2 aromatic carbocycles. The first-order chi connectivity index (χ1) is 16.8. The Kier molecular flexibility index (Phi) is 11.1. The maximum atomic E-state index is 13.0. The Hall–Kier alpha value is -3.04. The molecule has 0 aliphatic carbocycles. The summed E-state index contributed by atoms with van der Waals surface area (Å²) in [6.07, 6.45) is 0. The highest BCUT2D eigenvalue weighted by Gasteiger charge is 2.26. The molecule has 0 radical (unpaired) electrons. The lowest BCUT2D eigenvalue weighted by molar-refractivity contribution is -0.126. The summed E-state index contributed by atoms with van der Waals surface area (Å²) in [6, 6.07) is 4.82. The number of hydrogen-bond acceptors (Lipinski definition) is 8. The van der Waals surface area contributed by atoms with Crippen molar-refractivity contribution in [1.29, 1.82) is 0 Å². The lowest BCUT2D eigenvalue weighted by Gasteiger charge is -2.16. The highest BCUT2D eigenvalue weighted by atomic mass is 35.5. The fourth-order valence-corrected chi connectivity index (χ4v) is 3.38. The number of ketones is 1. The van der Waals surface area contributed by atoms with Crippen molar-refractivity contribution < 1.29 is 28.5 Å². The van der Waals surface area contributed by atoms with Crippen molar-refractivity contribution in [3.05, 3.63) is 34.3 Å². The van der Waals surface area contributed by atoms with E-state index < -0.39 is 17.7 Å². The molecule has 190 valence electrons. The van der Waals surface area contributed by atoms with Crippen LogP contribution in [0.25, 0.3) is 0 Å². The molecule has 0 aliphatic rings. The van der Waals surface area contributed by atoms with Gasteiger partial charge in [-0.25, -0.2) is 0 Å². The molecule has 9 nitrogen and oxygen atoms in total. The number of azo groups is 1. The molecule has 0 spiro atoms. The molecule has 11 heteroatoms. The molecule has 35 heavy (non-hydrogen) atoms. The standard InChI is InChI=1S/C24H29Cl2N3O6/c1-6-32-18-11-10-15(25)22(23(18)35-9-4)29-28-21(14(5)30)24(31)27-17-13-19(33-7-2)16(26)12-20(17)34-8-3/h10-13,21H,6-9H2,1-5H3,(H,27,31). The number of carbonyl (C=O) groups is 2. The summed E-state index contributed by atoms with van der Waals surface area (Å²) >= 11 is 12.5. The zero-order valence-electron chi connectivity index (χ0n) is 20.3. The van der Waals surface area contributed by atoms with Gasteiger partial charge in [0.2, 0.25) is 6.04 Å². The van der Waals surface area contributed by atoms with Crippen LogP contribution in [0.4, 0.5) is 11.4 Å². The fraction of sp³-hybridized carbons (Fsp3) is 0.417. The molecule has 1 amide bonds. The van der Waals surface area contributed by atoms with Crippen LogP contribution < -0.4 is 24.3 Å². The Morgan fingerprint density at radius 2 is 1.46 bits per heavy atom. The molecule has 2 rings (SSSR count). The number of nitrogens with one attached hydrogen (secondary N) is 1. The lowest BCUT2D eigenvalue weighted by Crippen LogP contribution is -2.32. The van der Waals surface area contributed by atoms with E-state index in [9.17, 15) is 9.59 Å². The van der Waals surface area contributed by atoms with Crippen molar-refractivity contribution in [2.24, 2.45) is 10.2 Å². The molecule has 0 heterocycles. The van der Waals surface area contributed by atoms with Crippen molar-refractivity contribution in [3.63, 3.8) is 0 Å². The first-order valence-electron chi connectivity index (χ1n) is 11.2. The van der Waals surface area contributed by atoms with Gasteiger partial charge in [-0.2, -0.15) is 5.11 Å². The van der Waals surface area contributed by atoms with Crippen molar-refractivity contribution in [2.45, 2.75) is 40.7 Å². The summed E-state index contributed by atoms with van der Waals surface area (Å²) in [7, 11) is 0. The van der Waals surface area contributed by atoms with Gasteiger partial charge in [0.1, 0.15) is 17.2 Å². The molecule has 0 saturated carbocycles. The monoisotopic (exact) mass is 525 g/mol. The van der Waals surface area contributed by atoms with E-state index in [1.165, 1.54) is 19.1 Å². The van der Waals surface area contributed by atoms with E-state index in [1.807, 2.05) is 6.92 Å². The van der Waals surface area contributed by atoms with Crippen molar-refractivity contribution >= 4 is 46.3 Å². The van der Waals surface area contributed by atoms with E-state index in [4.69, 9.17) is 42.1 Å². The highest BCUT2D eigenvalue weighted by Crippen LogP contribution is 2.43. The Balaban J connectivity index is 2.42. The average Bonchev–Trinajstić information content (AvgIpc) is 2.80. The number of carbonyl (C=O) groups excluding carboxylic acids is 2. The lowest BCUT2D eigenvalue weighted by atomic mass is 10.2. The summed E-state index contributed by atoms with van der Waals surface area (Å²) in [5, 5.41) is 11.3. The molecule has 0 bridgehead atoms. The number of halogens is 2. The molecule has 1 atom stereocenters. The highest BCUT2D eigenvalue weighted by molar-refractivity contribution is 6.33. The Labute approximate surface area is 214 Å². The van der Waals surface area contributed by atoms with Crippen molar-refractivity contribution in [1.82, 2.24) is 0 Å². The minimum Gasteiger partial charge on any atom is -0.492 e. The van der Waals surface area contributed by atoms with Gasteiger partial charge in [-0.15, -0.1) is 5.11 Å². The van der Waals surface area contributed by atoms with Crippen LogP contribution in [0.3, 0.4) is 0 Å². The first-order valence-corrected chi connectivity index (χ1v) is 11.9. The predicted octanol–water partition coefficient (Wildman–Crippen LogP) is 6.27. The summed E-state index contributed by atoms with van der Waals surface area (Å²) in [5.41, 5.74) is 0.427. The van der Waals surface area contributed by atoms with E-state index >= 15 is 0 Å². The van der Waals surface area contributed by atoms with Gasteiger partial charge in [0.15, 0.2) is 17.3 Å². The number of rotatable bonds is 13. The number of Topliss-reactive ketones (excluding diaryl/α,β-unsaturated/α-hetero) is 1. The second kappa shape index (κ2) is 13.7. The Morgan fingerprint density at radius 1 is 0.857 bits per heavy atom. The van der Waals surface area contributed by atoms with Gasteiger partial charge in [-0.1, -0.05) is 23.2 Å². The third-order valence-corrected chi connectivity index (χ3v) is 5.03. The molecule has 0 aliphatic heterocycles. The van der Waals surface area contributed by atoms with E-state index in [1.54, 1.807) is 32.9 Å². The van der Waals surface area contributed by atoms with Gasteiger partial charge in [-0.3, -0.25) is 9.59 Å². The number of amides is 1. The van der Waals surface area contributed by atoms with Crippen LogP contribution in [0.15, 0.2) is 34.5 Å².